The van der Waals surface area contributed by atoms with Crippen LogP contribution in [-0.2, 0) is 21.3 Å². The molecule has 2 N–H and O–H groups in total. The van der Waals surface area contributed by atoms with E-state index in [9.17, 15) is 18.0 Å². The molecule has 0 aliphatic rings. The maximum Gasteiger partial charge on any atom is 0.337 e. The third kappa shape index (κ3) is 5.25. The van der Waals surface area contributed by atoms with Crippen molar-refractivity contribution in [3.8, 4) is 0 Å². The summed E-state index contributed by atoms with van der Waals surface area (Å²) in [5.41, 5.74) is 0.333. The van der Waals surface area contributed by atoms with Gasteiger partial charge in [0.1, 0.15) is 5.76 Å². The Hall–Kier alpha value is -2.63. The van der Waals surface area contributed by atoms with Gasteiger partial charge in [0.25, 0.3) is 5.56 Å². The van der Waals surface area contributed by atoms with Gasteiger partial charge in [0.2, 0.25) is 10.0 Å². The minimum Gasteiger partial charge on any atom is -0.467 e. The largest absolute Gasteiger partial charge is 0.467 e. The molecule has 0 amide bonds. The Morgan fingerprint density at radius 2 is 2.14 bits per heavy atom. The molecule has 2 heterocycles. The summed E-state index contributed by atoms with van der Waals surface area (Å²) in [5.74, 6) is 0.271. The van der Waals surface area contributed by atoms with Crippen LogP contribution in [-0.4, -0.2) is 42.6 Å². The van der Waals surface area contributed by atoms with E-state index in [1.165, 1.54) is 47.9 Å². The van der Waals surface area contributed by atoms with E-state index in [2.05, 4.69) is 4.98 Å². The molecule has 3 rings (SSSR count). The molecule has 3 aromatic rings. The van der Waals surface area contributed by atoms with Crippen LogP contribution >= 0.6 is 11.8 Å². The zero-order valence-corrected chi connectivity index (χ0v) is 17.2. The zero-order chi connectivity index (χ0) is 21.0. The number of hydrogen-bond acceptors (Lipinski definition) is 8. The Morgan fingerprint density at radius 3 is 2.79 bits per heavy atom. The number of carbonyl (C=O) groups excluding carboxylic acids is 1. The average molecular weight is 437 g/mol. The maximum absolute atomic E-state index is 13.1. The lowest BCUT2D eigenvalue weighted by molar-refractivity contribution is 0.0601. The molecule has 0 bridgehead atoms. The van der Waals surface area contributed by atoms with E-state index < -0.39 is 16.0 Å². The van der Waals surface area contributed by atoms with Crippen molar-refractivity contribution in [1.29, 1.82) is 0 Å². The standard InChI is InChI=1S/C18H19N3O6S2/c1-26-17(23)12-5-6-14-15(10-12)20-18(28-8-3-9-29(19,24)25)21(16(14)22)11-13-4-2-7-27-13/h2,4-7,10H,3,8-9,11H2,1H3,(H2,19,24,25). The summed E-state index contributed by atoms with van der Waals surface area (Å²) in [7, 11) is -2.29. The topological polar surface area (TPSA) is 134 Å². The number of rotatable bonds is 8. The van der Waals surface area contributed by atoms with Crippen LogP contribution in [0.5, 0.6) is 0 Å². The van der Waals surface area contributed by atoms with Crippen molar-refractivity contribution < 1.29 is 22.4 Å². The highest BCUT2D eigenvalue weighted by Crippen LogP contribution is 2.21. The molecule has 11 heteroatoms. The molecule has 0 aliphatic heterocycles. The molecule has 2 aromatic heterocycles. The van der Waals surface area contributed by atoms with Crippen LogP contribution < -0.4 is 10.7 Å². The Labute approximate surface area is 170 Å². The van der Waals surface area contributed by atoms with Gasteiger partial charge in [-0.2, -0.15) is 0 Å². The molecule has 0 aliphatic carbocycles. The van der Waals surface area contributed by atoms with E-state index in [0.29, 0.717) is 34.0 Å². The number of benzene rings is 1. The van der Waals surface area contributed by atoms with Gasteiger partial charge in [0.05, 0.1) is 42.1 Å². The van der Waals surface area contributed by atoms with Crippen LogP contribution in [0.2, 0.25) is 0 Å². The fourth-order valence-corrected chi connectivity index (χ4v) is 4.34. The highest BCUT2D eigenvalue weighted by atomic mass is 32.2. The molecule has 1 aromatic carbocycles. The molecule has 0 fully saturated rings. The molecule has 0 spiro atoms. The Morgan fingerprint density at radius 1 is 1.34 bits per heavy atom. The first-order valence-corrected chi connectivity index (χ1v) is 11.3. The molecule has 154 valence electrons. The van der Waals surface area contributed by atoms with Crippen LogP contribution in [0.3, 0.4) is 0 Å². The highest BCUT2D eigenvalue weighted by molar-refractivity contribution is 7.99. The number of furan rings is 1. The smallest absolute Gasteiger partial charge is 0.337 e. The number of sulfonamides is 1. The Balaban J connectivity index is 2.00. The second-order valence-electron chi connectivity index (χ2n) is 6.16. The predicted octanol–water partition coefficient (Wildman–Crippen LogP) is 1.60. The third-order valence-corrected chi connectivity index (χ3v) is 5.96. The van der Waals surface area contributed by atoms with Gasteiger partial charge < -0.3 is 9.15 Å². The van der Waals surface area contributed by atoms with Crippen LogP contribution in [0.25, 0.3) is 10.9 Å². The molecule has 0 radical (unpaired) electrons. The lowest BCUT2D eigenvalue weighted by Crippen LogP contribution is -2.24. The summed E-state index contributed by atoms with van der Waals surface area (Å²) < 4.78 is 33.8. The number of hydrogen-bond donors (Lipinski definition) is 1. The molecule has 0 saturated carbocycles. The summed E-state index contributed by atoms with van der Waals surface area (Å²) in [6.07, 6.45) is 1.82. The lowest BCUT2D eigenvalue weighted by atomic mass is 10.1. The number of nitrogens with zero attached hydrogens (tertiary/aromatic N) is 2. The van der Waals surface area contributed by atoms with E-state index in [4.69, 9.17) is 14.3 Å². The molecular formula is C18H19N3O6S2. The Kier molecular flexibility index (Phi) is 6.40. The highest BCUT2D eigenvalue weighted by Gasteiger charge is 2.16. The summed E-state index contributed by atoms with van der Waals surface area (Å²) in [6, 6.07) is 8.00. The van der Waals surface area contributed by atoms with E-state index in [-0.39, 0.29) is 23.4 Å². The fraction of sp³-hybridized carbons (Fsp3) is 0.278. The molecule has 0 unspecified atom stereocenters. The molecule has 9 nitrogen and oxygen atoms in total. The average Bonchev–Trinajstić information content (AvgIpc) is 3.19. The second kappa shape index (κ2) is 8.80. The summed E-state index contributed by atoms with van der Waals surface area (Å²) in [4.78, 5) is 29.4. The minimum absolute atomic E-state index is 0.164. The van der Waals surface area contributed by atoms with Crippen molar-refractivity contribution in [3.05, 3.63) is 58.3 Å². The second-order valence-corrected chi connectivity index (χ2v) is 8.95. The van der Waals surface area contributed by atoms with E-state index in [1.807, 2.05) is 0 Å². The summed E-state index contributed by atoms with van der Waals surface area (Å²) >= 11 is 1.23. The van der Waals surface area contributed by atoms with E-state index >= 15 is 0 Å². The van der Waals surface area contributed by atoms with Gasteiger partial charge in [-0.3, -0.25) is 9.36 Å². The monoisotopic (exact) mass is 437 g/mol. The number of ether oxygens (including phenoxy) is 1. The van der Waals surface area contributed by atoms with Gasteiger partial charge in [-0.15, -0.1) is 0 Å². The van der Waals surface area contributed by atoms with E-state index in [1.54, 1.807) is 12.1 Å². The fourth-order valence-electron chi connectivity index (χ4n) is 2.68. The van der Waals surface area contributed by atoms with Crippen molar-refractivity contribution in [2.75, 3.05) is 18.6 Å². The van der Waals surface area contributed by atoms with Gasteiger partial charge in [-0.05, 0) is 36.8 Å². The van der Waals surface area contributed by atoms with Crippen molar-refractivity contribution in [2.24, 2.45) is 5.14 Å². The first-order chi connectivity index (χ1) is 13.8. The first-order valence-electron chi connectivity index (χ1n) is 8.57. The summed E-state index contributed by atoms with van der Waals surface area (Å²) in [6.45, 7) is 0.172. The third-order valence-electron chi connectivity index (χ3n) is 4.04. The lowest BCUT2D eigenvalue weighted by Gasteiger charge is -2.12. The molecular weight excluding hydrogens is 418 g/mol. The number of nitrogens with two attached hydrogens (primary N) is 1. The number of thioether (sulfide) groups is 1. The number of esters is 1. The van der Waals surface area contributed by atoms with Crippen molar-refractivity contribution in [3.63, 3.8) is 0 Å². The van der Waals surface area contributed by atoms with Crippen molar-refractivity contribution in [2.45, 2.75) is 18.1 Å². The number of primary sulfonamides is 1. The number of aromatic nitrogens is 2. The van der Waals surface area contributed by atoms with Gasteiger partial charge in [-0.25, -0.2) is 23.3 Å². The van der Waals surface area contributed by atoms with Crippen molar-refractivity contribution >= 4 is 38.7 Å². The van der Waals surface area contributed by atoms with Crippen molar-refractivity contribution in [1.82, 2.24) is 9.55 Å². The Bertz CT molecular complexity index is 1190. The molecule has 0 saturated heterocycles. The van der Waals surface area contributed by atoms with Crippen LogP contribution in [0.15, 0.2) is 51.0 Å². The van der Waals surface area contributed by atoms with Gasteiger partial charge in [0.15, 0.2) is 5.16 Å². The van der Waals surface area contributed by atoms with Crippen LogP contribution in [0.4, 0.5) is 0 Å². The summed E-state index contributed by atoms with van der Waals surface area (Å²) in [5, 5.41) is 5.76. The van der Waals surface area contributed by atoms with Crippen LogP contribution in [0.1, 0.15) is 22.5 Å². The zero-order valence-electron chi connectivity index (χ0n) is 15.5. The van der Waals surface area contributed by atoms with Crippen LogP contribution in [0, 0.1) is 0 Å². The molecule has 0 atom stereocenters. The SMILES string of the molecule is COC(=O)c1ccc2c(=O)n(Cc3ccco3)c(SCCCS(N)(=O)=O)nc2c1. The van der Waals surface area contributed by atoms with Gasteiger partial charge in [-0.1, -0.05) is 11.8 Å². The quantitative estimate of drug-likeness (QED) is 0.243. The van der Waals surface area contributed by atoms with Gasteiger partial charge in [0, 0.05) is 5.75 Å². The molecule has 29 heavy (non-hydrogen) atoms. The normalized spacial score (nSPS) is 11.7. The predicted molar refractivity (Wildman–Crippen MR) is 108 cm³/mol. The first kappa shape index (κ1) is 21.1. The van der Waals surface area contributed by atoms with E-state index in [0.717, 1.165) is 0 Å². The number of fused-ring (bicyclic) bond motifs is 1. The van der Waals surface area contributed by atoms with Gasteiger partial charge >= 0.3 is 5.97 Å². The number of carbonyl (C=O) groups is 1. The maximum atomic E-state index is 13.1. The number of methoxy groups -OCH3 is 1. The minimum atomic E-state index is -3.56.